The normalized spacial score (nSPS) is 19.5. The van der Waals surface area contributed by atoms with Crippen LogP contribution in [0.1, 0.15) is 91.8 Å². The van der Waals surface area contributed by atoms with Crippen LogP contribution in [0.5, 0.6) is 5.75 Å². The quantitative estimate of drug-likeness (QED) is 0.0532. The monoisotopic (exact) mass is 1150 g/mol. The topological polar surface area (TPSA) is 222 Å². The highest BCUT2D eigenvalue weighted by Crippen LogP contribution is 2.46. The molecule has 0 bridgehead atoms. The third kappa shape index (κ3) is 12.2. The van der Waals surface area contributed by atoms with E-state index in [0.29, 0.717) is 178 Å². The summed E-state index contributed by atoms with van der Waals surface area (Å²) in [5.41, 5.74) is 6.27. The van der Waals surface area contributed by atoms with Crippen LogP contribution in [-0.2, 0) is 45.6 Å². The van der Waals surface area contributed by atoms with Crippen LogP contribution in [0.25, 0.3) is 17.2 Å². The van der Waals surface area contributed by atoms with Crippen molar-refractivity contribution in [3.63, 3.8) is 0 Å². The number of likely N-dealkylation sites (tertiary alicyclic amines) is 2. The maximum Gasteiger partial charge on any atom is 0.317 e. The van der Waals surface area contributed by atoms with Gasteiger partial charge in [0.15, 0.2) is 35.4 Å². The highest BCUT2D eigenvalue weighted by Gasteiger charge is 2.37. The molecule has 22 nitrogen and oxygen atoms in total. The minimum Gasteiger partial charge on any atom is -0.627 e. The Morgan fingerprint density at radius 1 is 0.939 bits per heavy atom. The number of halogens is 3. The zero-order valence-corrected chi connectivity index (χ0v) is 48.3. The lowest BCUT2D eigenvalue weighted by Crippen LogP contribution is -2.49. The summed E-state index contributed by atoms with van der Waals surface area (Å²) in [4.78, 5) is 66.7. The number of unbranched alkanes of at least 4 members (excludes halogenated alkanes) is 1. The van der Waals surface area contributed by atoms with Crippen LogP contribution in [0.4, 0.5) is 36.5 Å². The van der Waals surface area contributed by atoms with E-state index in [4.69, 9.17) is 31.2 Å². The Kier molecular flexibility index (Phi) is 17.3. The Hall–Kier alpha value is -7.44. The number of quaternary nitrogens is 1. The summed E-state index contributed by atoms with van der Waals surface area (Å²) in [5, 5.41) is 35.5. The van der Waals surface area contributed by atoms with Crippen molar-refractivity contribution in [1.29, 1.82) is 0 Å². The highest BCUT2D eigenvalue weighted by molar-refractivity contribution is 6.30. The molecule has 1 atom stereocenters. The molecule has 25 heteroatoms. The molecule has 6 aliphatic rings. The number of likely N-dealkylation sites (N-methyl/N-ethyl adjacent to an activating group) is 3. The number of guanidine groups is 1. The predicted molar refractivity (Wildman–Crippen MR) is 309 cm³/mol. The lowest BCUT2D eigenvalue weighted by molar-refractivity contribution is -0.132. The Labute approximate surface area is 481 Å². The average Bonchev–Trinajstić information content (AvgIpc) is 4.21. The van der Waals surface area contributed by atoms with E-state index in [1.165, 1.54) is 21.2 Å². The molecule has 2 aromatic carbocycles. The molecule has 4 aromatic rings. The summed E-state index contributed by atoms with van der Waals surface area (Å²) in [7, 11) is 9.83. The van der Waals surface area contributed by atoms with Gasteiger partial charge in [0.1, 0.15) is 6.54 Å². The number of nitrogens with one attached hydrogen (secondary N) is 4. The largest absolute Gasteiger partial charge is 0.627 e. The molecule has 6 aliphatic heterocycles. The number of piperidine rings is 2. The number of aromatic nitrogens is 4. The Morgan fingerprint density at radius 2 is 1.72 bits per heavy atom. The predicted octanol–water partition coefficient (Wildman–Crippen LogP) is 6.55. The maximum atomic E-state index is 14.8. The zero-order chi connectivity index (χ0) is 58.0. The molecule has 440 valence electrons. The van der Waals surface area contributed by atoms with Crippen LogP contribution < -0.4 is 35.6 Å². The first-order valence-corrected chi connectivity index (χ1v) is 28.7. The number of benzene rings is 2. The molecule has 10 rings (SSSR count). The lowest BCUT2D eigenvalue weighted by atomic mass is 9.92. The number of methoxy groups -OCH3 is 1. The first kappa shape index (κ1) is 57.8. The van der Waals surface area contributed by atoms with E-state index in [0.717, 1.165) is 29.7 Å². The first-order chi connectivity index (χ1) is 39.4. The molecule has 0 aliphatic carbocycles. The average molecular weight is 1150 g/mol. The minimum absolute atomic E-state index is 0.00495. The molecular weight excluding hydrogens is 1080 g/mol. The third-order valence-electron chi connectivity index (χ3n) is 16.6. The van der Waals surface area contributed by atoms with Gasteiger partial charge < -0.3 is 65.1 Å². The number of hydroxylamine groups is 2. The fraction of sp³-hybridized carbons (Fsp3) is 0.526. The molecule has 2 aromatic heterocycles. The number of urea groups is 1. The summed E-state index contributed by atoms with van der Waals surface area (Å²) in [6, 6.07) is 6.86. The highest BCUT2D eigenvalue weighted by atomic mass is 35.5. The van der Waals surface area contributed by atoms with Crippen molar-refractivity contribution in [2.24, 2.45) is 18.0 Å². The molecule has 0 radical (unpaired) electrons. The van der Waals surface area contributed by atoms with Gasteiger partial charge in [-0.25, -0.2) is 13.6 Å². The van der Waals surface area contributed by atoms with Crippen molar-refractivity contribution < 1.29 is 37.4 Å². The minimum atomic E-state index is -2.71. The Bertz CT molecular complexity index is 3180. The Morgan fingerprint density at radius 3 is 2.43 bits per heavy atom. The number of aliphatic imine (C=N–C) groups is 1. The first-order valence-electron chi connectivity index (χ1n) is 28.3. The van der Waals surface area contributed by atoms with E-state index in [9.17, 15) is 33.2 Å². The number of hydrogen-bond acceptors (Lipinski definition) is 14. The van der Waals surface area contributed by atoms with Crippen LogP contribution in [0.2, 0.25) is 0 Å². The van der Waals surface area contributed by atoms with Gasteiger partial charge in [-0.1, -0.05) is 11.6 Å². The van der Waals surface area contributed by atoms with Crippen LogP contribution >= 0.6 is 11.6 Å². The number of fused-ring (bicyclic) bond motifs is 3. The van der Waals surface area contributed by atoms with Crippen molar-refractivity contribution in [2.75, 3.05) is 111 Å². The molecule has 2 saturated heterocycles. The van der Waals surface area contributed by atoms with Crippen molar-refractivity contribution in [3.05, 3.63) is 86.4 Å². The zero-order valence-electron chi connectivity index (χ0n) is 47.5. The number of amides is 5. The number of ether oxygens (including phenoxy) is 2. The van der Waals surface area contributed by atoms with E-state index in [-0.39, 0.29) is 54.4 Å². The SMILES string of the molecule is CNC(=O)COC1=Cc2cc(NC3=C(Cl)CN(C)C(N4CCC(C(=O)NCCCCC(=O)N5CCC(n6nc(N7CCCc8cc(-c9cnn(C)c9)c(C(F)F)cc87)c7c6CCN(C(=O)NC)C7)CC5)CC4)=N3)cc(OC)c2[N+](C)([O-])C1. The van der Waals surface area contributed by atoms with Crippen LogP contribution in [0, 0.1) is 11.1 Å². The fourth-order valence-electron chi connectivity index (χ4n) is 12.3. The molecule has 2 fully saturated rings. The summed E-state index contributed by atoms with van der Waals surface area (Å²) in [6.07, 6.45) is 8.89. The molecule has 5 amide bonds. The number of alkyl halides is 2. The number of carbonyl (C=O) groups excluding carboxylic acids is 4. The van der Waals surface area contributed by atoms with Crippen molar-refractivity contribution in [2.45, 2.75) is 83.2 Å². The lowest BCUT2D eigenvalue weighted by Gasteiger charge is -2.42. The molecule has 4 N–H and O–H groups in total. The third-order valence-corrected chi connectivity index (χ3v) is 16.9. The fourth-order valence-corrected chi connectivity index (χ4v) is 12.6. The second-order valence-electron chi connectivity index (χ2n) is 22.2. The second kappa shape index (κ2) is 24.6. The van der Waals surface area contributed by atoms with Gasteiger partial charge in [0.25, 0.3) is 12.3 Å². The van der Waals surface area contributed by atoms with Crippen LogP contribution in [0.3, 0.4) is 0 Å². The molecule has 8 heterocycles. The van der Waals surface area contributed by atoms with E-state index in [1.807, 2.05) is 22.9 Å². The van der Waals surface area contributed by atoms with Crippen LogP contribution in [0.15, 0.2) is 58.3 Å². The van der Waals surface area contributed by atoms with Gasteiger partial charge in [0, 0.05) is 144 Å². The maximum absolute atomic E-state index is 14.8. The second-order valence-corrected chi connectivity index (χ2v) is 22.6. The van der Waals surface area contributed by atoms with Gasteiger partial charge in [-0.05, 0) is 86.8 Å². The van der Waals surface area contributed by atoms with Gasteiger partial charge >= 0.3 is 6.03 Å². The number of carbonyl (C=O) groups is 4. The van der Waals surface area contributed by atoms with Gasteiger partial charge in [-0.15, -0.1) is 0 Å². The number of anilines is 3. The van der Waals surface area contributed by atoms with Crippen molar-refractivity contribution >= 4 is 70.3 Å². The summed E-state index contributed by atoms with van der Waals surface area (Å²) in [6.45, 7) is 4.46. The van der Waals surface area contributed by atoms with E-state index in [1.54, 1.807) is 60.3 Å². The molecule has 0 saturated carbocycles. The van der Waals surface area contributed by atoms with E-state index in [2.05, 4.69) is 40.8 Å². The van der Waals surface area contributed by atoms with Gasteiger partial charge in [-0.2, -0.15) is 15.2 Å². The standard InChI is InChI=1S/C57H74ClF2N15O7/c1-61-49(76)34-82-41-25-37-24-39(27-48(81-6)51(37)75(5,80)33-41)65-53-45(58)32-68(3)56(66-53)71-19-12-35(13-20-71)55(78)63-17-8-7-11-50(77)70-21-14-40(15-22-70)74-46-16-23-72(57(79)62-2)31-44(46)54(67-74)73-18-9-10-36-26-42(38-29-64-69(4)30-38)43(52(59)60)28-47(36)73/h24-30,35,40,52,65H,7-23,31-34H2,1-6H3,(H,61,76)(H,62,79)(H,63,78). The number of nitrogens with zero attached hydrogens (tertiary/aromatic N) is 11. The summed E-state index contributed by atoms with van der Waals surface area (Å²) >= 11 is 6.80. The number of rotatable bonds is 16. The van der Waals surface area contributed by atoms with Crippen molar-refractivity contribution in [1.82, 2.24) is 59.8 Å². The Balaban J connectivity index is 0.704. The number of hydrogen-bond donors (Lipinski definition) is 4. The van der Waals surface area contributed by atoms with Gasteiger partial charge in [0.05, 0.1) is 44.5 Å². The number of aryl methyl sites for hydroxylation is 2. The summed E-state index contributed by atoms with van der Waals surface area (Å²) in [5.74, 6) is 2.22. The van der Waals surface area contributed by atoms with E-state index < -0.39 is 11.1 Å². The summed E-state index contributed by atoms with van der Waals surface area (Å²) < 4.78 is 43.9. The molecule has 1 unspecified atom stereocenters. The van der Waals surface area contributed by atoms with Gasteiger partial charge in [0.2, 0.25) is 17.8 Å². The van der Waals surface area contributed by atoms with Crippen molar-refractivity contribution in [3.8, 4) is 16.9 Å². The van der Waals surface area contributed by atoms with Crippen LogP contribution in [-0.4, -0.2) is 170 Å². The molecule has 82 heavy (non-hydrogen) atoms. The molecule has 0 spiro atoms. The smallest absolute Gasteiger partial charge is 0.317 e. The molecular formula is C57H74ClF2N15O7. The van der Waals surface area contributed by atoms with Gasteiger partial charge in [-0.3, -0.25) is 23.7 Å². The van der Waals surface area contributed by atoms with E-state index >= 15 is 0 Å².